The van der Waals surface area contributed by atoms with Crippen molar-refractivity contribution in [1.29, 1.82) is 0 Å². The van der Waals surface area contributed by atoms with Crippen molar-refractivity contribution in [2.75, 3.05) is 6.54 Å². The first-order valence-corrected chi connectivity index (χ1v) is 8.77. The molecular weight excluding hydrogens is 388 g/mol. The molecule has 0 heterocycles. The van der Waals surface area contributed by atoms with Gasteiger partial charge in [-0.1, -0.05) is 13.8 Å². The van der Waals surface area contributed by atoms with Gasteiger partial charge >= 0.3 is 5.97 Å². The molecule has 0 aromatic carbocycles. The molecule has 164 valence electrons. The molecule has 13 heteroatoms. The first-order chi connectivity index (χ1) is 13.3. The quantitative estimate of drug-likeness (QED) is 0.157. The molecule has 0 spiro atoms. The normalized spacial score (nSPS) is 13.7. The Balaban J connectivity index is 4.85. The van der Waals surface area contributed by atoms with Gasteiger partial charge in [0, 0.05) is 6.42 Å². The molecule has 0 aromatic heterocycles. The maximum absolute atomic E-state index is 12.2. The fourth-order valence-electron chi connectivity index (χ4n) is 2.15. The number of carbonyl (C=O) groups excluding carboxylic acids is 5. The Morgan fingerprint density at radius 2 is 1.52 bits per heavy atom. The number of carboxylic acids is 1. The van der Waals surface area contributed by atoms with E-state index in [1.165, 1.54) is 0 Å². The zero-order valence-corrected chi connectivity index (χ0v) is 16.3. The van der Waals surface area contributed by atoms with Crippen LogP contribution in [0.4, 0.5) is 0 Å². The lowest BCUT2D eigenvalue weighted by molar-refractivity contribution is -0.143. The Kier molecular flexibility index (Phi) is 10.9. The number of carboxylic acid groups (broad SMARTS) is 1. The Hall–Kier alpha value is -3.22. The number of amides is 5. The molecule has 5 amide bonds. The summed E-state index contributed by atoms with van der Waals surface area (Å²) in [5.41, 5.74) is 15.6. The summed E-state index contributed by atoms with van der Waals surface area (Å²) in [6, 6.07) is -3.71. The highest BCUT2D eigenvalue weighted by molar-refractivity contribution is 5.95. The summed E-state index contributed by atoms with van der Waals surface area (Å²) in [6.07, 6.45) is -0.784. The van der Waals surface area contributed by atoms with Gasteiger partial charge in [0.1, 0.15) is 12.1 Å². The van der Waals surface area contributed by atoms with Gasteiger partial charge in [0.15, 0.2) is 0 Å². The van der Waals surface area contributed by atoms with Crippen LogP contribution in [0.25, 0.3) is 0 Å². The highest BCUT2D eigenvalue weighted by Crippen LogP contribution is 2.01. The van der Waals surface area contributed by atoms with Crippen LogP contribution in [0, 0.1) is 5.92 Å². The number of aliphatic carboxylic acids is 1. The van der Waals surface area contributed by atoms with Gasteiger partial charge in [-0.25, -0.2) is 4.79 Å². The first kappa shape index (κ1) is 25.8. The number of nitrogens with one attached hydrogen (secondary N) is 3. The van der Waals surface area contributed by atoms with Gasteiger partial charge in [-0.3, -0.25) is 24.0 Å². The van der Waals surface area contributed by atoms with E-state index in [1.54, 1.807) is 13.8 Å². The lowest BCUT2D eigenvalue weighted by Crippen LogP contribution is -2.54. The molecule has 0 saturated heterocycles. The van der Waals surface area contributed by atoms with Crippen molar-refractivity contribution in [3.05, 3.63) is 0 Å². The Labute approximate surface area is 167 Å². The Morgan fingerprint density at radius 1 is 0.931 bits per heavy atom. The molecule has 0 radical (unpaired) electrons. The van der Waals surface area contributed by atoms with E-state index in [-0.39, 0.29) is 12.8 Å². The zero-order chi connectivity index (χ0) is 22.7. The van der Waals surface area contributed by atoms with Gasteiger partial charge in [0.25, 0.3) is 0 Å². The summed E-state index contributed by atoms with van der Waals surface area (Å²) in [5, 5.41) is 15.7. The molecule has 3 atom stereocenters. The maximum Gasteiger partial charge on any atom is 0.326 e. The van der Waals surface area contributed by atoms with Gasteiger partial charge in [0.05, 0.1) is 19.0 Å². The van der Waals surface area contributed by atoms with Crippen molar-refractivity contribution in [3.63, 3.8) is 0 Å². The summed E-state index contributed by atoms with van der Waals surface area (Å²) in [7, 11) is 0. The molecule has 29 heavy (non-hydrogen) atoms. The lowest BCUT2D eigenvalue weighted by Gasteiger charge is -2.20. The van der Waals surface area contributed by atoms with Crippen LogP contribution in [0.15, 0.2) is 0 Å². The monoisotopic (exact) mass is 416 g/mol. The fourth-order valence-corrected chi connectivity index (χ4v) is 2.15. The smallest absolute Gasteiger partial charge is 0.326 e. The van der Waals surface area contributed by atoms with E-state index in [4.69, 9.17) is 22.3 Å². The Bertz CT molecular complexity index is 652. The molecule has 0 fully saturated rings. The number of nitrogens with two attached hydrogens (primary N) is 3. The van der Waals surface area contributed by atoms with Gasteiger partial charge in [0.2, 0.25) is 29.5 Å². The van der Waals surface area contributed by atoms with Crippen molar-refractivity contribution in [1.82, 2.24) is 16.0 Å². The van der Waals surface area contributed by atoms with Crippen LogP contribution >= 0.6 is 0 Å². The molecule has 0 bridgehead atoms. The van der Waals surface area contributed by atoms with Crippen LogP contribution in [0.1, 0.15) is 33.1 Å². The Morgan fingerprint density at radius 3 is 1.97 bits per heavy atom. The summed E-state index contributed by atoms with van der Waals surface area (Å²) in [4.78, 5) is 69.1. The minimum atomic E-state index is -1.41. The van der Waals surface area contributed by atoms with Gasteiger partial charge in [-0.2, -0.15) is 0 Å². The molecule has 0 aliphatic heterocycles. The van der Waals surface area contributed by atoms with Gasteiger partial charge < -0.3 is 38.3 Å². The van der Waals surface area contributed by atoms with E-state index in [9.17, 15) is 28.8 Å². The predicted molar refractivity (Wildman–Crippen MR) is 99.6 cm³/mol. The third kappa shape index (κ3) is 10.6. The SMILES string of the molecule is CC(C)C(NC(=O)CNC(=O)C(CC(N)=O)NC(=O)C(N)CCC(N)=O)C(=O)O. The molecule has 13 nitrogen and oxygen atoms in total. The minimum absolute atomic E-state index is 0.0692. The summed E-state index contributed by atoms with van der Waals surface area (Å²) < 4.78 is 0. The van der Waals surface area contributed by atoms with Crippen LogP contribution < -0.4 is 33.2 Å². The van der Waals surface area contributed by atoms with Crippen molar-refractivity contribution in [3.8, 4) is 0 Å². The third-order valence-corrected chi connectivity index (χ3v) is 3.75. The number of primary amides is 2. The van der Waals surface area contributed by atoms with Crippen LogP contribution in [0.3, 0.4) is 0 Å². The van der Waals surface area contributed by atoms with Crippen molar-refractivity contribution in [2.24, 2.45) is 23.1 Å². The van der Waals surface area contributed by atoms with Crippen molar-refractivity contribution >= 4 is 35.5 Å². The molecule has 0 aliphatic rings. The van der Waals surface area contributed by atoms with Crippen LogP contribution in [0.5, 0.6) is 0 Å². The van der Waals surface area contributed by atoms with E-state index in [2.05, 4.69) is 16.0 Å². The highest BCUT2D eigenvalue weighted by Gasteiger charge is 2.27. The average Bonchev–Trinajstić information content (AvgIpc) is 2.60. The van der Waals surface area contributed by atoms with Gasteiger partial charge in [-0.05, 0) is 12.3 Å². The largest absolute Gasteiger partial charge is 0.480 e. The van der Waals surface area contributed by atoms with E-state index >= 15 is 0 Å². The average molecular weight is 416 g/mol. The van der Waals surface area contributed by atoms with Crippen LogP contribution in [0.2, 0.25) is 0 Å². The summed E-state index contributed by atoms with van der Waals surface area (Å²) in [6.45, 7) is 2.60. The van der Waals surface area contributed by atoms with E-state index < -0.39 is 72.5 Å². The fraction of sp³-hybridized carbons (Fsp3) is 0.625. The van der Waals surface area contributed by atoms with Crippen LogP contribution in [-0.2, 0) is 28.8 Å². The van der Waals surface area contributed by atoms with Crippen LogP contribution in [-0.4, -0.2) is 65.3 Å². The molecule has 0 saturated carbocycles. The second kappa shape index (κ2) is 12.3. The summed E-state index contributed by atoms with van der Waals surface area (Å²) >= 11 is 0. The second-order valence-corrected chi connectivity index (χ2v) is 6.69. The van der Waals surface area contributed by atoms with E-state index in [0.717, 1.165) is 0 Å². The molecule has 0 aliphatic carbocycles. The third-order valence-electron chi connectivity index (χ3n) is 3.75. The first-order valence-electron chi connectivity index (χ1n) is 8.77. The predicted octanol–water partition coefficient (Wildman–Crippen LogP) is -3.72. The van der Waals surface area contributed by atoms with Crippen molar-refractivity contribution < 1.29 is 33.9 Å². The minimum Gasteiger partial charge on any atom is -0.480 e. The number of hydrogen-bond acceptors (Lipinski definition) is 7. The highest BCUT2D eigenvalue weighted by atomic mass is 16.4. The van der Waals surface area contributed by atoms with Crippen molar-refractivity contribution in [2.45, 2.75) is 51.2 Å². The molecule has 0 aromatic rings. The number of hydrogen-bond donors (Lipinski definition) is 7. The molecule has 0 rings (SSSR count). The molecule has 10 N–H and O–H groups in total. The topological polar surface area (TPSA) is 237 Å². The molecule has 3 unspecified atom stereocenters. The standard InChI is InChI=1S/C16H28N6O7/c1-7(2)13(16(28)29)22-12(25)6-20-15(27)9(5-11(19)24)21-14(26)8(17)3-4-10(18)23/h7-9,13H,3-6,17H2,1-2H3,(H2,18,23)(H2,19,24)(H,20,27)(H,21,26)(H,22,25)(H,28,29). The van der Waals surface area contributed by atoms with E-state index in [0.29, 0.717) is 0 Å². The molecular formula is C16H28N6O7. The second-order valence-electron chi connectivity index (χ2n) is 6.69. The number of rotatable bonds is 13. The van der Waals surface area contributed by atoms with E-state index in [1.807, 2.05) is 0 Å². The van der Waals surface area contributed by atoms with Gasteiger partial charge in [-0.15, -0.1) is 0 Å². The summed E-state index contributed by atoms with van der Waals surface area (Å²) in [5.74, 6) is -5.67. The zero-order valence-electron chi connectivity index (χ0n) is 16.3. The lowest BCUT2D eigenvalue weighted by atomic mass is 10.0. The maximum atomic E-state index is 12.2. The number of carbonyl (C=O) groups is 6.